The quantitative estimate of drug-likeness (QED) is 0.772. The van der Waals surface area contributed by atoms with Gasteiger partial charge in [-0.1, -0.05) is 0 Å². The number of hydrogen-bond acceptors (Lipinski definition) is 5. The highest BCUT2D eigenvalue weighted by atomic mass is 14.9. The molecule has 0 aliphatic rings. The highest BCUT2D eigenvalue weighted by molar-refractivity contribution is 5.37. The third kappa shape index (κ3) is 2.22. The molecule has 14 heavy (non-hydrogen) atoms. The number of nitrogens with one attached hydrogen (secondary N) is 1. The lowest BCUT2D eigenvalue weighted by molar-refractivity contribution is 1.00. The van der Waals surface area contributed by atoms with Crippen LogP contribution in [0.5, 0.6) is 0 Å². The van der Waals surface area contributed by atoms with Crippen LogP contribution in [-0.4, -0.2) is 19.9 Å². The van der Waals surface area contributed by atoms with Crippen LogP contribution in [0.1, 0.15) is 5.69 Å². The van der Waals surface area contributed by atoms with Crippen molar-refractivity contribution < 1.29 is 0 Å². The second kappa shape index (κ2) is 4.27. The lowest BCUT2D eigenvalue weighted by Gasteiger charge is -2.03. The summed E-state index contributed by atoms with van der Waals surface area (Å²) in [5.74, 6) is 0. The molecular weight excluding hydrogens is 178 g/mol. The fourth-order valence-electron chi connectivity index (χ4n) is 1.00. The molecule has 0 saturated carbocycles. The molecule has 0 fully saturated rings. The van der Waals surface area contributed by atoms with Crippen molar-refractivity contribution in [3.05, 3.63) is 43.0 Å². The Balaban J connectivity index is 1.96. The van der Waals surface area contributed by atoms with Gasteiger partial charge < -0.3 is 5.32 Å². The zero-order valence-corrected chi connectivity index (χ0v) is 7.46. The predicted molar refractivity (Wildman–Crippen MR) is 51.4 cm³/mol. The van der Waals surface area contributed by atoms with E-state index in [-0.39, 0.29) is 0 Å². The minimum atomic E-state index is 0.626. The van der Waals surface area contributed by atoms with Gasteiger partial charge in [-0.05, 0) is 0 Å². The Bertz CT molecular complexity index is 335. The van der Waals surface area contributed by atoms with Gasteiger partial charge in [0.15, 0.2) is 0 Å². The van der Waals surface area contributed by atoms with E-state index in [1.807, 2.05) is 0 Å². The molecule has 0 amide bonds. The van der Waals surface area contributed by atoms with E-state index in [4.69, 9.17) is 0 Å². The van der Waals surface area contributed by atoms with Gasteiger partial charge in [0.05, 0.1) is 36.5 Å². The van der Waals surface area contributed by atoms with Crippen molar-refractivity contribution >= 4 is 5.69 Å². The van der Waals surface area contributed by atoms with Crippen molar-refractivity contribution in [3.8, 4) is 0 Å². The van der Waals surface area contributed by atoms with Crippen LogP contribution < -0.4 is 5.32 Å². The van der Waals surface area contributed by atoms with Crippen LogP contribution in [-0.2, 0) is 6.54 Å². The van der Waals surface area contributed by atoms with Crippen molar-refractivity contribution in [3.63, 3.8) is 0 Å². The smallest absolute Gasteiger partial charge is 0.115 e. The molecule has 0 saturated heterocycles. The summed E-state index contributed by atoms with van der Waals surface area (Å²) in [6, 6.07) is 0. The Morgan fingerprint density at radius 2 is 1.86 bits per heavy atom. The summed E-state index contributed by atoms with van der Waals surface area (Å²) in [4.78, 5) is 15.9. The minimum Gasteiger partial charge on any atom is -0.377 e. The molecule has 0 spiro atoms. The molecule has 2 heterocycles. The average Bonchev–Trinajstić information content (AvgIpc) is 2.29. The third-order valence-electron chi connectivity index (χ3n) is 1.65. The first-order valence-electron chi connectivity index (χ1n) is 4.19. The first-order chi connectivity index (χ1) is 6.95. The summed E-state index contributed by atoms with van der Waals surface area (Å²) in [7, 11) is 0. The van der Waals surface area contributed by atoms with Gasteiger partial charge in [0.25, 0.3) is 0 Å². The SMILES string of the molecule is c1cnc(CNc2cncnc2)cn1. The fraction of sp³-hybridized carbons (Fsp3) is 0.111. The molecular formula is C9H9N5. The molecule has 2 aromatic rings. The summed E-state index contributed by atoms with van der Waals surface area (Å²) in [6.07, 6.45) is 9.95. The number of anilines is 1. The van der Waals surface area contributed by atoms with Crippen molar-refractivity contribution in [2.24, 2.45) is 0 Å². The van der Waals surface area contributed by atoms with E-state index < -0.39 is 0 Å². The van der Waals surface area contributed by atoms with E-state index in [9.17, 15) is 0 Å². The van der Waals surface area contributed by atoms with Crippen LogP contribution in [0, 0.1) is 0 Å². The summed E-state index contributed by atoms with van der Waals surface area (Å²) >= 11 is 0. The molecule has 1 N–H and O–H groups in total. The Morgan fingerprint density at radius 3 is 2.57 bits per heavy atom. The van der Waals surface area contributed by atoms with Gasteiger partial charge in [-0.2, -0.15) is 0 Å². The fourth-order valence-corrected chi connectivity index (χ4v) is 1.00. The summed E-state index contributed by atoms with van der Waals surface area (Å²) in [6.45, 7) is 0.626. The topological polar surface area (TPSA) is 63.6 Å². The van der Waals surface area contributed by atoms with Crippen LogP contribution in [0.4, 0.5) is 5.69 Å². The Morgan fingerprint density at radius 1 is 1.00 bits per heavy atom. The maximum absolute atomic E-state index is 4.13. The predicted octanol–water partition coefficient (Wildman–Crippen LogP) is 0.879. The molecule has 0 aliphatic carbocycles. The zero-order valence-electron chi connectivity index (χ0n) is 7.46. The summed E-state index contributed by atoms with van der Waals surface area (Å²) in [5, 5.41) is 3.13. The van der Waals surface area contributed by atoms with Gasteiger partial charge in [-0.15, -0.1) is 0 Å². The van der Waals surface area contributed by atoms with Crippen molar-refractivity contribution in [2.75, 3.05) is 5.32 Å². The first kappa shape index (κ1) is 8.55. The molecule has 5 heteroatoms. The van der Waals surface area contributed by atoms with Crippen LogP contribution in [0.15, 0.2) is 37.3 Å². The van der Waals surface area contributed by atoms with Crippen molar-refractivity contribution in [2.45, 2.75) is 6.54 Å². The summed E-state index contributed by atoms with van der Waals surface area (Å²) < 4.78 is 0. The molecule has 0 aliphatic heterocycles. The Kier molecular flexibility index (Phi) is 2.61. The van der Waals surface area contributed by atoms with E-state index in [2.05, 4.69) is 25.3 Å². The molecule has 0 bridgehead atoms. The van der Waals surface area contributed by atoms with Crippen LogP contribution in [0.3, 0.4) is 0 Å². The summed E-state index contributed by atoms with van der Waals surface area (Å²) in [5.41, 5.74) is 1.76. The van der Waals surface area contributed by atoms with E-state index in [1.54, 1.807) is 31.0 Å². The molecule has 70 valence electrons. The third-order valence-corrected chi connectivity index (χ3v) is 1.65. The number of rotatable bonds is 3. The molecule has 0 atom stereocenters. The van der Waals surface area contributed by atoms with Crippen LogP contribution >= 0.6 is 0 Å². The van der Waals surface area contributed by atoms with E-state index in [1.165, 1.54) is 6.33 Å². The lowest BCUT2D eigenvalue weighted by Crippen LogP contribution is -2.02. The van der Waals surface area contributed by atoms with Gasteiger partial charge in [-0.3, -0.25) is 9.97 Å². The lowest BCUT2D eigenvalue weighted by atomic mass is 10.4. The molecule has 0 unspecified atom stereocenters. The monoisotopic (exact) mass is 187 g/mol. The maximum Gasteiger partial charge on any atom is 0.115 e. The van der Waals surface area contributed by atoms with E-state index in [0.29, 0.717) is 6.54 Å². The van der Waals surface area contributed by atoms with Crippen LogP contribution in [0.25, 0.3) is 0 Å². The van der Waals surface area contributed by atoms with Gasteiger partial charge >= 0.3 is 0 Å². The highest BCUT2D eigenvalue weighted by Gasteiger charge is 1.93. The molecule has 5 nitrogen and oxygen atoms in total. The van der Waals surface area contributed by atoms with E-state index >= 15 is 0 Å². The molecule has 2 aromatic heterocycles. The van der Waals surface area contributed by atoms with Crippen molar-refractivity contribution in [1.29, 1.82) is 0 Å². The number of aromatic nitrogens is 4. The second-order valence-corrected chi connectivity index (χ2v) is 2.68. The first-order valence-corrected chi connectivity index (χ1v) is 4.19. The van der Waals surface area contributed by atoms with Crippen LogP contribution in [0.2, 0.25) is 0 Å². The largest absolute Gasteiger partial charge is 0.377 e. The highest BCUT2D eigenvalue weighted by Crippen LogP contribution is 2.02. The molecule has 2 rings (SSSR count). The van der Waals surface area contributed by atoms with Gasteiger partial charge in [0.2, 0.25) is 0 Å². The molecule has 0 radical (unpaired) electrons. The Hall–Kier alpha value is -2.04. The van der Waals surface area contributed by atoms with Gasteiger partial charge in [0, 0.05) is 12.4 Å². The van der Waals surface area contributed by atoms with Gasteiger partial charge in [-0.25, -0.2) is 9.97 Å². The van der Waals surface area contributed by atoms with Crippen molar-refractivity contribution in [1.82, 2.24) is 19.9 Å². The normalized spacial score (nSPS) is 9.71. The second-order valence-electron chi connectivity index (χ2n) is 2.68. The number of nitrogens with zero attached hydrogens (tertiary/aromatic N) is 4. The average molecular weight is 187 g/mol. The standard InChI is InChI=1S/C9H9N5/c1-2-13-9(3-10-1)6-14-8-4-11-7-12-5-8/h1-5,7,14H,6H2. The maximum atomic E-state index is 4.13. The Labute approximate surface area is 81.3 Å². The van der Waals surface area contributed by atoms with E-state index in [0.717, 1.165) is 11.4 Å². The zero-order chi connectivity index (χ0) is 9.64. The van der Waals surface area contributed by atoms with Gasteiger partial charge in [0.1, 0.15) is 6.33 Å². The number of hydrogen-bond donors (Lipinski definition) is 1. The molecule has 0 aromatic carbocycles. The minimum absolute atomic E-state index is 0.626.